The second kappa shape index (κ2) is 7.01. The maximum absolute atomic E-state index is 11.3. The largest absolute Gasteiger partial charge is 0.494 e. The predicted molar refractivity (Wildman–Crippen MR) is 72.5 cm³/mol. The monoisotopic (exact) mass is 250 g/mol. The number of carbonyl (C=O) groups is 1. The number of amides is 1. The van der Waals surface area contributed by atoms with Crippen LogP contribution in [0.5, 0.6) is 5.75 Å². The molecule has 18 heavy (non-hydrogen) atoms. The number of hydrogen-bond acceptors (Lipinski definition) is 3. The van der Waals surface area contributed by atoms with Gasteiger partial charge >= 0.3 is 0 Å². The molecule has 1 atom stereocenters. The summed E-state index contributed by atoms with van der Waals surface area (Å²) in [5.41, 5.74) is 6.85. The molecule has 0 heterocycles. The molecule has 0 aliphatic heterocycles. The smallest absolute Gasteiger partial charge is 0.222 e. The summed E-state index contributed by atoms with van der Waals surface area (Å²) in [5, 5.41) is 0. The first-order valence-corrected chi connectivity index (χ1v) is 6.19. The molecule has 4 heteroatoms. The third-order valence-corrected chi connectivity index (χ3v) is 2.71. The van der Waals surface area contributed by atoms with E-state index in [1.165, 1.54) is 0 Å². The van der Waals surface area contributed by atoms with Gasteiger partial charge in [0.1, 0.15) is 5.75 Å². The van der Waals surface area contributed by atoms with Gasteiger partial charge in [0, 0.05) is 26.6 Å². The average Bonchev–Trinajstić information content (AvgIpc) is 2.34. The van der Waals surface area contributed by atoms with Gasteiger partial charge in [-0.05, 0) is 31.0 Å². The van der Waals surface area contributed by atoms with Crippen LogP contribution in [0, 0.1) is 0 Å². The molecule has 0 saturated carbocycles. The fourth-order valence-electron chi connectivity index (χ4n) is 1.50. The van der Waals surface area contributed by atoms with E-state index in [0.717, 1.165) is 17.7 Å². The van der Waals surface area contributed by atoms with Crippen LogP contribution in [0.1, 0.15) is 31.4 Å². The van der Waals surface area contributed by atoms with Gasteiger partial charge in [-0.1, -0.05) is 12.1 Å². The molecule has 0 aliphatic rings. The van der Waals surface area contributed by atoms with Gasteiger partial charge in [-0.3, -0.25) is 4.79 Å². The Kier molecular flexibility index (Phi) is 5.65. The molecule has 1 aromatic rings. The molecule has 0 spiro atoms. The van der Waals surface area contributed by atoms with E-state index in [4.69, 9.17) is 10.5 Å². The van der Waals surface area contributed by atoms with Crippen molar-refractivity contribution in [3.8, 4) is 5.75 Å². The van der Waals surface area contributed by atoms with Crippen molar-refractivity contribution in [3.05, 3.63) is 29.8 Å². The lowest BCUT2D eigenvalue weighted by Crippen LogP contribution is -2.21. The lowest BCUT2D eigenvalue weighted by atomic mass is 10.1. The van der Waals surface area contributed by atoms with Crippen LogP contribution < -0.4 is 10.5 Å². The average molecular weight is 250 g/mol. The van der Waals surface area contributed by atoms with Crippen LogP contribution in [-0.4, -0.2) is 31.5 Å². The summed E-state index contributed by atoms with van der Waals surface area (Å²) in [6, 6.07) is 7.78. The van der Waals surface area contributed by atoms with Crippen molar-refractivity contribution in [1.82, 2.24) is 4.90 Å². The van der Waals surface area contributed by atoms with Gasteiger partial charge in [-0.15, -0.1) is 0 Å². The Labute approximate surface area is 109 Å². The fourth-order valence-corrected chi connectivity index (χ4v) is 1.50. The number of nitrogens with two attached hydrogens (primary N) is 1. The van der Waals surface area contributed by atoms with Crippen molar-refractivity contribution in [1.29, 1.82) is 0 Å². The van der Waals surface area contributed by atoms with E-state index in [-0.39, 0.29) is 11.9 Å². The number of carbonyl (C=O) groups excluding carboxylic acids is 1. The molecule has 0 saturated heterocycles. The fraction of sp³-hybridized carbons (Fsp3) is 0.500. The lowest BCUT2D eigenvalue weighted by Gasteiger charge is -2.11. The molecule has 0 aliphatic carbocycles. The van der Waals surface area contributed by atoms with Crippen LogP contribution in [0.25, 0.3) is 0 Å². The molecule has 1 unspecified atom stereocenters. The van der Waals surface area contributed by atoms with E-state index in [9.17, 15) is 4.79 Å². The summed E-state index contributed by atoms with van der Waals surface area (Å²) in [6.07, 6.45) is 1.25. The number of nitrogens with zero attached hydrogens (tertiary/aromatic N) is 1. The standard InChI is InChI=1S/C14H22N2O2/c1-11(15)12-6-8-13(9-7-12)18-10-4-5-14(17)16(2)3/h6-9,11H,4-5,10,15H2,1-3H3. The van der Waals surface area contributed by atoms with Gasteiger partial charge in [0.05, 0.1) is 6.61 Å². The summed E-state index contributed by atoms with van der Waals surface area (Å²) in [6.45, 7) is 2.50. The summed E-state index contributed by atoms with van der Waals surface area (Å²) < 4.78 is 5.56. The minimum absolute atomic E-state index is 0.0387. The van der Waals surface area contributed by atoms with Crippen molar-refractivity contribution in [2.24, 2.45) is 5.73 Å². The minimum atomic E-state index is 0.0387. The van der Waals surface area contributed by atoms with Crippen LogP contribution in [-0.2, 0) is 4.79 Å². The Hall–Kier alpha value is -1.55. The topological polar surface area (TPSA) is 55.6 Å². The van der Waals surface area contributed by atoms with Gasteiger partial charge in [0.15, 0.2) is 0 Å². The zero-order valence-electron chi connectivity index (χ0n) is 11.3. The molecule has 1 aromatic carbocycles. The highest BCUT2D eigenvalue weighted by molar-refractivity contribution is 5.75. The van der Waals surface area contributed by atoms with Crippen LogP contribution in [0.2, 0.25) is 0 Å². The van der Waals surface area contributed by atoms with Gasteiger partial charge in [-0.25, -0.2) is 0 Å². The Bertz CT molecular complexity index is 372. The van der Waals surface area contributed by atoms with E-state index >= 15 is 0 Å². The molecule has 4 nitrogen and oxygen atoms in total. The molecule has 100 valence electrons. The molecule has 0 aromatic heterocycles. The zero-order chi connectivity index (χ0) is 13.5. The molecule has 1 rings (SSSR count). The molecular formula is C14H22N2O2. The van der Waals surface area contributed by atoms with Crippen molar-refractivity contribution in [3.63, 3.8) is 0 Å². The summed E-state index contributed by atoms with van der Waals surface area (Å²) in [7, 11) is 3.52. The normalized spacial score (nSPS) is 12.0. The molecular weight excluding hydrogens is 228 g/mol. The molecule has 2 N–H and O–H groups in total. The van der Waals surface area contributed by atoms with Gasteiger partial charge in [0.25, 0.3) is 0 Å². The number of ether oxygens (including phenoxy) is 1. The van der Waals surface area contributed by atoms with E-state index in [1.807, 2.05) is 31.2 Å². The quantitative estimate of drug-likeness (QED) is 0.785. The van der Waals surface area contributed by atoms with E-state index in [1.54, 1.807) is 19.0 Å². The first-order chi connectivity index (χ1) is 8.50. The SMILES string of the molecule is CC(N)c1ccc(OCCCC(=O)N(C)C)cc1. The van der Waals surface area contributed by atoms with E-state index < -0.39 is 0 Å². The number of hydrogen-bond donors (Lipinski definition) is 1. The summed E-state index contributed by atoms with van der Waals surface area (Å²) in [4.78, 5) is 12.9. The highest BCUT2D eigenvalue weighted by Gasteiger charge is 2.03. The number of benzene rings is 1. The Balaban J connectivity index is 2.29. The summed E-state index contributed by atoms with van der Waals surface area (Å²) in [5.74, 6) is 0.947. The second-order valence-electron chi connectivity index (χ2n) is 4.60. The maximum atomic E-state index is 11.3. The molecule has 0 fully saturated rings. The summed E-state index contributed by atoms with van der Waals surface area (Å²) >= 11 is 0. The predicted octanol–water partition coefficient (Wildman–Crippen LogP) is 1.95. The van der Waals surface area contributed by atoms with Gasteiger partial charge in [0.2, 0.25) is 5.91 Å². The molecule has 0 bridgehead atoms. The maximum Gasteiger partial charge on any atom is 0.222 e. The highest BCUT2D eigenvalue weighted by atomic mass is 16.5. The van der Waals surface area contributed by atoms with Crippen molar-refractivity contribution >= 4 is 5.91 Å². The Morgan fingerprint density at radius 1 is 1.33 bits per heavy atom. The van der Waals surface area contributed by atoms with Crippen LogP contribution in [0.3, 0.4) is 0 Å². The second-order valence-corrected chi connectivity index (χ2v) is 4.60. The molecule has 0 radical (unpaired) electrons. The number of rotatable bonds is 6. The zero-order valence-corrected chi connectivity index (χ0v) is 11.3. The first-order valence-electron chi connectivity index (χ1n) is 6.19. The first kappa shape index (κ1) is 14.5. The third-order valence-electron chi connectivity index (χ3n) is 2.71. The third kappa shape index (κ3) is 4.75. The van der Waals surface area contributed by atoms with E-state index in [2.05, 4.69) is 0 Å². The van der Waals surface area contributed by atoms with Crippen LogP contribution in [0.4, 0.5) is 0 Å². The van der Waals surface area contributed by atoms with E-state index in [0.29, 0.717) is 13.0 Å². The van der Waals surface area contributed by atoms with Crippen molar-refractivity contribution in [2.75, 3.05) is 20.7 Å². The molecule has 1 amide bonds. The van der Waals surface area contributed by atoms with Crippen molar-refractivity contribution < 1.29 is 9.53 Å². The van der Waals surface area contributed by atoms with Crippen LogP contribution >= 0.6 is 0 Å². The van der Waals surface area contributed by atoms with Crippen LogP contribution in [0.15, 0.2) is 24.3 Å². The highest BCUT2D eigenvalue weighted by Crippen LogP contribution is 2.16. The Morgan fingerprint density at radius 2 is 1.94 bits per heavy atom. The lowest BCUT2D eigenvalue weighted by molar-refractivity contribution is -0.128. The Morgan fingerprint density at radius 3 is 2.44 bits per heavy atom. The van der Waals surface area contributed by atoms with Gasteiger partial charge in [-0.2, -0.15) is 0 Å². The van der Waals surface area contributed by atoms with Crippen molar-refractivity contribution in [2.45, 2.75) is 25.8 Å². The minimum Gasteiger partial charge on any atom is -0.494 e. The van der Waals surface area contributed by atoms with Gasteiger partial charge < -0.3 is 15.4 Å².